The maximum Gasteiger partial charge on any atom is 0.280 e. The number of aromatic amines is 1. The highest BCUT2D eigenvalue weighted by Crippen LogP contribution is 2.38. The van der Waals surface area contributed by atoms with E-state index in [1.807, 2.05) is 6.92 Å². The molecular weight excluding hydrogens is 430 g/mol. The number of fused-ring (bicyclic) bond motifs is 1. The van der Waals surface area contributed by atoms with Crippen molar-refractivity contribution in [1.82, 2.24) is 24.6 Å². The molecule has 1 aliphatic heterocycles. The Hall–Kier alpha value is -2.27. The molecule has 1 amide bonds. The molecule has 13 heteroatoms. The van der Waals surface area contributed by atoms with Crippen molar-refractivity contribution in [2.45, 2.75) is 58.2 Å². The summed E-state index contributed by atoms with van der Waals surface area (Å²) in [6.45, 7) is 5.70. The molecule has 0 aliphatic carbocycles. The molecule has 3 N–H and O–H groups in total. The van der Waals surface area contributed by atoms with Crippen molar-refractivity contribution in [3.05, 3.63) is 16.7 Å². The topological polar surface area (TPSA) is 140 Å². The molecule has 2 aromatic rings. The van der Waals surface area contributed by atoms with E-state index in [4.69, 9.17) is 9.26 Å². The van der Waals surface area contributed by atoms with Gasteiger partial charge in [-0.15, -0.1) is 0 Å². The molecule has 5 atom stereocenters. The number of nitrogens with zero attached hydrogens (tertiary/aromatic N) is 3. The van der Waals surface area contributed by atoms with Gasteiger partial charge >= 0.3 is 0 Å². The summed E-state index contributed by atoms with van der Waals surface area (Å²) in [4.78, 5) is 45.4. The van der Waals surface area contributed by atoms with Gasteiger partial charge < -0.3 is 14.1 Å². The van der Waals surface area contributed by atoms with Crippen LogP contribution in [0.15, 0.2) is 11.1 Å². The molecule has 0 aromatic carbocycles. The van der Waals surface area contributed by atoms with Gasteiger partial charge in [-0.3, -0.25) is 29.5 Å². The zero-order chi connectivity index (χ0) is 22.5. The van der Waals surface area contributed by atoms with E-state index in [2.05, 4.69) is 25.4 Å². The van der Waals surface area contributed by atoms with Crippen LogP contribution in [0.25, 0.3) is 11.2 Å². The Balaban J connectivity index is 1.83. The lowest BCUT2D eigenvalue weighted by Gasteiger charge is -2.18. The van der Waals surface area contributed by atoms with Crippen LogP contribution in [0.5, 0.6) is 0 Å². The van der Waals surface area contributed by atoms with Crippen LogP contribution >= 0.6 is 8.96 Å². The average Bonchev–Trinajstić information content (AvgIpc) is 3.29. The predicted octanol–water partition coefficient (Wildman–Crippen LogP) is 1.43. The fraction of sp³-hybridized carbons (Fsp3) is 0.611. The van der Waals surface area contributed by atoms with Crippen LogP contribution in [0.2, 0.25) is 0 Å². The minimum Gasteiger partial charge on any atom is -0.349 e. The van der Waals surface area contributed by atoms with Gasteiger partial charge in [0.15, 0.2) is 23.6 Å². The number of hydrogen-bond donors (Lipinski definition) is 3. The normalized spacial score (nSPS) is 23.9. The lowest BCUT2D eigenvalue weighted by molar-refractivity contribution is -0.119. The number of carbonyl (C=O) groups excluding carboxylic acids is 2. The second-order valence-corrected chi connectivity index (χ2v) is 8.16. The SMILES string of the molecule is CC[C@H]1O[C@@H](n2cnc3c(=O)[nH]c(NC(=O)C(C)C)nc32)[C@@H](F)C1OPNCCC=O. The number of carbonyl (C=O) groups is 2. The average molecular weight is 456 g/mol. The van der Waals surface area contributed by atoms with Gasteiger partial charge in [-0.1, -0.05) is 20.8 Å². The highest BCUT2D eigenvalue weighted by molar-refractivity contribution is 7.29. The second kappa shape index (κ2) is 10.4. The van der Waals surface area contributed by atoms with Gasteiger partial charge in [-0.05, 0) is 6.42 Å². The quantitative estimate of drug-likeness (QED) is 0.277. The predicted molar refractivity (Wildman–Crippen MR) is 113 cm³/mol. The van der Waals surface area contributed by atoms with Gasteiger partial charge in [0.05, 0.1) is 21.4 Å². The number of alkyl halides is 1. The molecule has 1 aliphatic rings. The van der Waals surface area contributed by atoms with Crippen molar-refractivity contribution in [3.63, 3.8) is 0 Å². The minimum atomic E-state index is -1.54. The molecule has 3 heterocycles. The first kappa shape index (κ1) is 23.4. The van der Waals surface area contributed by atoms with Crippen molar-refractivity contribution >= 4 is 38.3 Å². The summed E-state index contributed by atoms with van der Waals surface area (Å²) in [5.74, 6) is -0.688. The monoisotopic (exact) mass is 456 g/mol. The molecule has 2 aromatic heterocycles. The molecule has 0 radical (unpaired) electrons. The number of nitrogens with one attached hydrogen (secondary N) is 3. The van der Waals surface area contributed by atoms with Crippen LogP contribution in [-0.2, 0) is 18.8 Å². The van der Waals surface area contributed by atoms with Crippen LogP contribution in [0.1, 0.15) is 39.8 Å². The minimum absolute atomic E-state index is 0.00756. The summed E-state index contributed by atoms with van der Waals surface area (Å²) in [7, 11) is -0.194. The van der Waals surface area contributed by atoms with Gasteiger partial charge in [0.1, 0.15) is 12.4 Å². The number of halogens is 1. The van der Waals surface area contributed by atoms with Gasteiger partial charge in [-0.25, -0.2) is 9.37 Å². The number of aromatic nitrogens is 4. The van der Waals surface area contributed by atoms with Crippen molar-refractivity contribution < 1.29 is 23.2 Å². The number of rotatable bonds is 10. The molecule has 11 nitrogen and oxygen atoms in total. The molecule has 3 rings (SSSR count). The van der Waals surface area contributed by atoms with E-state index < -0.39 is 30.2 Å². The lowest BCUT2D eigenvalue weighted by atomic mass is 10.1. The second-order valence-electron chi connectivity index (χ2n) is 7.37. The van der Waals surface area contributed by atoms with Crippen molar-refractivity contribution in [2.24, 2.45) is 5.92 Å². The van der Waals surface area contributed by atoms with Crippen LogP contribution in [0.3, 0.4) is 0 Å². The van der Waals surface area contributed by atoms with E-state index in [9.17, 15) is 14.4 Å². The standard InChI is InChI=1S/C18H26FN6O5P/c1-4-10-13(30-31-21-6-5-7-26)11(19)17(29-10)25-8-20-12-14(25)22-18(24-16(12)28)23-15(27)9(2)3/h7-11,13,17,21,31H,4-6H2,1-3H3,(H2,22,23,24,27,28)/t10-,11+,13?,17-/m1/s1. The van der Waals surface area contributed by atoms with Crippen LogP contribution in [0, 0.1) is 5.92 Å². The molecule has 1 fully saturated rings. The van der Waals surface area contributed by atoms with Crippen LogP contribution in [-0.4, -0.2) is 56.6 Å². The molecule has 0 saturated carbocycles. The largest absolute Gasteiger partial charge is 0.349 e. The van der Waals surface area contributed by atoms with Crippen molar-refractivity contribution in [1.29, 1.82) is 0 Å². The third-order valence-electron chi connectivity index (χ3n) is 4.80. The molecular formula is C18H26FN6O5P. The van der Waals surface area contributed by atoms with E-state index in [1.165, 1.54) is 10.9 Å². The van der Waals surface area contributed by atoms with Crippen molar-refractivity contribution in [2.75, 3.05) is 11.9 Å². The van der Waals surface area contributed by atoms with E-state index in [0.717, 1.165) is 6.29 Å². The zero-order valence-electron chi connectivity index (χ0n) is 17.4. The fourth-order valence-corrected chi connectivity index (χ4v) is 3.86. The molecule has 170 valence electrons. The molecule has 1 saturated heterocycles. The first-order valence-electron chi connectivity index (χ1n) is 10.0. The number of anilines is 1. The van der Waals surface area contributed by atoms with Gasteiger partial charge in [0, 0.05) is 18.9 Å². The zero-order valence-corrected chi connectivity index (χ0v) is 18.4. The number of H-pyrrole nitrogens is 1. The Morgan fingerprint density at radius 3 is 2.97 bits per heavy atom. The summed E-state index contributed by atoms with van der Waals surface area (Å²) in [6.07, 6.45) is -1.06. The van der Waals surface area contributed by atoms with Gasteiger partial charge in [-0.2, -0.15) is 4.98 Å². The van der Waals surface area contributed by atoms with Gasteiger partial charge in [0.2, 0.25) is 11.9 Å². The number of ether oxygens (including phenoxy) is 1. The Kier molecular flexibility index (Phi) is 7.82. The van der Waals surface area contributed by atoms with E-state index in [0.29, 0.717) is 19.4 Å². The number of hydrogen-bond acceptors (Lipinski definition) is 8. The Bertz CT molecular complexity index is 982. The first-order valence-corrected chi connectivity index (χ1v) is 10.9. The summed E-state index contributed by atoms with van der Waals surface area (Å²) < 4.78 is 28.2. The van der Waals surface area contributed by atoms with E-state index in [1.54, 1.807) is 13.8 Å². The molecule has 31 heavy (non-hydrogen) atoms. The Labute approximate surface area is 179 Å². The third-order valence-corrected chi connectivity index (χ3v) is 5.58. The highest BCUT2D eigenvalue weighted by Gasteiger charge is 2.46. The van der Waals surface area contributed by atoms with Crippen LogP contribution in [0.4, 0.5) is 10.3 Å². The number of imidazole rings is 1. The molecule has 0 spiro atoms. The van der Waals surface area contributed by atoms with Crippen molar-refractivity contribution in [3.8, 4) is 0 Å². The fourth-order valence-electron chi connectivity index (χ4n) is 3.11. The Morgan fingerprint density at radius 2 is 2.29 bits per heavy atom. The summed E-state index contributed by atoms with van der Waals surface area (Å²) in [5.41, 5.74) is -0.456. The number of aldehydes is 1. The summed E-state index contributed by atoms with van der Waals surface area (Å²) >= 11 is 0. The molecule has 2 unspecified atom stereocenters. The smallest absolute Gasteiger partial charge is 0.280 e. The number of amides is 1. The van der Waals surface area contributed by atoms with E-state index >= 15 is 4.39 Å². The highest BCUT2D eigenvalue weighted by atomic mass is 31.1. The molecule has 0 bridgehead atoms. The third kappa shape index (κ3) is 5.15. The first-order chi connectivity index (χ1) is 14.9. The summed E-state index contributed by atoms with van der Waals surface area (Å²) in [5, 5.41) is 5.46. The van der Waals surface area contributed by atoms with E-state index in [-0.39, 0.29) is 37.9 Å². The maximum atomic E-state index is 15.3. The maximum absolute atomic E-state index is 15.3. The Morgan fingerprint density at radius 1 is 1.52 bits per heavy atom. The van der Waals surface area contributed by atoms with Gasteiger partial charge in [0.25, 0.3) is 5.56 Å². The lowest BCUT2D eigenvalue weighted by Crippen LogP contribution is -2.30. The van der Waals surface area contributed by atoms with Crippen LogP contribution < -0.4 is 16.0 Å². The summed E-state index contributed by atoms with van der Waals surface area (Å²) in [6, 6.07) is 0.